The lowest BCUT2D eigenvalue weighted by Crippen LogP contribution is -2.18. The molecule has 0 bridgehead atoms. The van der Waals surface area contributed by atoms with Gasteiger partial charge in [-0.25, -0.2) is 9.97 Å². The van der Waals surface area contributed by atoms with Crippen molar-refractivity contribution in [2.75, 3.05) is 18.2 Å². The van der Waals surface area contributed by atoms with Crippen LogP contribution in [0.25, 0.3) is 5.95 Å². The van der Waals surface area contributed by atoms with E-state index in [0.717, 1.165) is 22.6 Å². The third-order valence-corrected chi connectivity index (χ3v) is 5.20. The summed E-state index contributed by atoms with van der Waals surface area (Å²) in [4.78, 5) is 31.9. The van der Waals surface area contributed by atoms with Crippen molar-refractivity contribution in [3.63, 3.8) is 0 Å². The van der Waals surface area contributed by atoms with Crippen molar-refractivity contribution in [3.8, 4) is 11.7 Å². The molecule has 0 fully saturated rings. The van der Waals surface area contributed by atoms with Gasteiger partial charge in [0.05, 0.1) is 23.5 Å². The van der Waals surface area contributed by atoms with Gasteiger partial charge in [-0.15, -0.1) is 11.8 Å². The third kappa shape index (κ3) is 5.57. The molecule has 0 aliphatic rings. The number of hydrogen-bond donors (Lipinski definition) is 1. The van der Waals surface area contributed by atoms with E-state index < -0.39 is 4.92 Å². The summed E-state index contributed by atoms with van der Waals surface area (Å²) in [6, 6.07) is 8.36. The zero-order valence-electron chi connectivity index (χ0n) is 17.6. The van der Waals surface area contributed by atoms with E-state index in [0.29, 0.717) is 17.5 Å². The van der Waals surface area contributed by atoms with Gasteiger partial charge in [0.25, 0.3) is 5.95 Å². The molecule has 3 rings (SSSR count). The number of ether oxygens (including phenoxy) is 1. The summed E-state index contributed by atoms with van der Waals surface area (Å²) in [5, 5.41) is 18.4. The van der Waals surface area contributed by atoms with Crippen LogP contribution in [-0.2, 0) is 10.5 Å². The highest BCUT2D eigenvalue weighted by atomic mass is 32.2. The Morgan fingerprint density at radius 2 is 1.87 bits per heavy atom. The molecule has 1 N–H and O–H groups in total. The second-order valence-electron chi connectivity index (χ2n) is 6.84. The fourth-order valence-electron chi connectivity index (χ4n) is 2.95. The zero-order valence-corrected chi connectivity index (χ0v) is 18.4. The molecule has 0 spiro atoms. The fraction of sp³-hybridized carbons (Fsp3) is 0.300. The molecular weight excluding hydrogens is 420 g/mol. The SMILES string of the molecule is COc1ccc(CSCC(=O)Nc2cc(C)nn2-c2nc(C)cc(C)n2)cc1[N+](=O)[O-]. The number of nitro benzene ring substituents is 1. The molecule has 0 saturated heterocycles. The standard InChI is InChI=1S/C20H22N6O4S/c1-12-7-13(2)22-20(21-12)25-18(8-14(3)24-25)23-19(27)11-31-10-15-5-6-17(30-4)16(9-15)26(28)29/h5-9H,10-11H2,1-4H3,(H,23,27). The summed E-state index contributed by atoms with van der Waals surface area (Å²) in [7, 11) is 1.39. The van der Waals surface area contributed by atoms with Gasteiger partial charge in [0, 0.05) is 29.3 Å². The first-order valence-electron chi connectivity index (χ1n) is 9.35. The van der Waals surface area contributed by atoms with Crippen molar-refractivity contribution in [3.05, 3.63) is 63.1 Å². The number of rotatable bonds is 8. The third-order valence-electron chi connectivity index (χ3n) is 4.20. The van der Waals surface area contributed by atoms with Crippen molar-refractivity contribution in [1.82, 2.24) is 19.7 Å². The number of methoxy groups -OCH3 is 1. The van der Waals surface area contributed by atoms with Gasteiger partial charge in [0.15, 0.2) is 5.75 Å². The summed E-state index contributed by atoms with van der Waals surface area (Å²) in [6.45, 7) is 5.56. The first-order valence-corrected chi connectivity index (χ1v) is 10.5. The highest BCUT2D eigenvalue weighted by molar-refractivity contribution is 7.99. The lowest BCUT2D eigenvalue weighted by Gasteiger charge is -2.09. The molecule has 11 heteroatoms. The topological polar surface area (TPSA) is 125 Å². The summed E-state index contributed by atoms with van der Waals surface area (Å²) in [6.07, 6.45) is 0. The van der Waals surface area contributed by atoms with Crippen LogP contribution in [0.2, 0.25) is 0 Å². The number of carbonyl (C=O) groups is 1. The molecule has 2 aromatic heterocycles. The van der Waals surface area contributed by atoms with Crippen molar-refractivity contribution in [2.24, 2.45) is 0 Å². The van der Waals surface area contributed by atoms with E-state index in [1.54, 1.807) is 18.2 Å². The molecule has 162 valence electrons. The van der Waals surface area contributed by atoms with E-state index in [4.69, 9.17) is 4.74 Å². The van der Waals surface area contributed by atoms with Gasteiger partial charge >= 0.3 is 5.69 Å². The number of carbonyl (C=O) groups excluding carboxylic acids is 1. The van der Waals surface area contributed by atoms with Gasteiger partial charge in [-0.2, -0.15) is 9.78 Å². The molecule has 3 aromatic rings. The van der Waals surface area contributed by atoms with Crippen LogP contribution in [0.4, 0.5) is 11.5 Å². The Morgan fingerprint density at radius 1 is 1.16 bits per heavy atom. The Balaban J connectivity index is 1.65. The highest BCUT2D eigenvalue weighted by Crippen LogP contribution is 2.29. The van der Waals surface area contributed by atoms with Gasteiger partial charge in [-0.1, -0.05) is 6.07 Å². The van der Waals surface area contributed by atoms with Gasteiger partial charge in [0.2, 0.25) is 5.91 Å². The monoisotopic (exact) mass is 442 g/mol. The van der Waals surface area contributed by atoms with Crippen LogP contribution in [0, 0.1) is 30.9 Å². The first kappa shape index (κ1) is 22.2. The quantitative estimate of drug-likeness (QED) is 0.416. The van der Waals surface area contributed by atoms with Crippen LogP contribution >= 0.6 is 11.8 Å². The van der Waals surface area contributed by atoms with Crippen LogP contribution in [0.15, 0.2) is 30.3 Å². The van der Waals surface area contributed by atoms with E-state index in [1.165, 1.54) is 29.6 Å². The first-order chi connectivity index (χ1) is 14.8. The molecule has 1 aromatic carbocycles. The maximum atomic E-state index is 12.5. The van der Waals surface area contributed by atoms with Crippen molar-refractivity contribution < 1.29 is 14.5 Å². The lowest BCUT2D eigenvalue weighted by molar-refractivity contribution is -0.385. The lowest BCUT2D eigenvalue weighted by atomic mass is 10.2. The molecule has 0 radical (unpaired) electrons. The molecule has 0 atom stereocenters. The second-order valence-corrected chi connectivity index (χ2v) is 7.82. The number of amides is 1. The maximum Gasteiger partial charge on any atom is 0.311 e. The average molecular weight is 443 g/mol. The molecule has 0 aliphatic carbocycles. The minimum atomic E-state index is -0.488. The second kappa shape index (κ2) is 9.56. The minimum Gasteiger partial charge on any atom is -0.490 e. The van der Waals surface area contributed by atoms with E-state index in [2.05, 4.69) is 20.4 Å². The number of thioether (sulfide) groups is 1. The van der Waals surface area contributed by atoms with E-state index in [9.17, 15) is 14.9 Å². The van der Waals surface area contributed by atoms with Crippen LogP contribution in [0.5, 0.6) is 5.75 Å². The minimum absolute atomic E-state index is 0.0992. The van der Waals surface area contributed by atoms with Gasteiger partial charge < -0.3 is 10.1 Å². The Hall–Kier alpha value is -3.47. The Morgan fingerprint density at radius 3 is 2.52 bits per heavy atom. The van der Waals surface area contributed by atoms with E-state index in [1.807, 2.05) is 26.8 Å². The van der Waals surface area contributed by atoms with Gasteiger partial charge in [-0.05, 0) is 38.5 Å². The van der Waals surface area contributed by atoms with Crippen molar-refractivity contribution >= 4 is 29.2 Å². The predicted molar refractivity (Wildman–Crippen MR) is 118 cm³/mol. The Bertz CT molecular complexity index is 1110. The number of nitro groups is 1. The highest BCUT2D eigenvalue weighted by Gasteiger charge is 2.16. The number of aromatic nitrogens is 4. The summed E-state index contributed by atoms with van der Waals surface area (Å²) in [5.74, 6) is 1.45. The van der Waals surface area contributed by atoms with Crippen LogP contribution in [0.3, 0.4) is 0 Å². The van der Waals surface area contributed by atoms with Gasteiger partial charge in [0.1, 0.15) is 5.82 Å². The predicted octanol–water partition coefficient (Wildman–Crippen LogP) is 3.38. The average Bonchev–Trinajstić information content (AvgIpc) is 3.07. The number of aryl methyl sites for hydroxylation is 3. The number of hydrogen-bond acceptors (Lipinski definition) is 8. The molecule has 0 saturated carbocycles. The van der Waals surface area contributed by atoms with Crippen LogP contribution in [-0.4, -0.2) is 43.4 Å². The molecule has 0 aliphatic heterocycles. The van der Waals surface area contributed by atoms with Gasteiger partial charge in [-0.3, -0.25) is 14.9 Å². The van der Waals surface area contributed by atoms with Crippen LogP contribution in [0.1, 0.15) is 22.6 Å². The molecule has 31 heavy (non-hydrogen) atoms. The summed E-state index contributed by atoms with van der Waals surface area (Å²) >= 11 is 1.34. The summed E-state index contributed by atoms with van der Waals surface area (Å²) < 4.78 is 6.51. The maximum absolute atomic E-state index is 12.5. The molecule has 2 heterocycles. The number of nitrogens with one attached hydrogen (secondary N) is 1. The number of nitrogens with zero attached hydrogens (tertiary/aromatic N) is 5. The van der Waals surface area contributed by atoms with Crippen molar-refractivity contribution in [2.45, 2.75) is 26.5 Å². The van der Waals surface area contributed by atoms with Crippen molar-refractivity contribution in [1.29, 1.82) is 0 Å². The number of anilines is 1. The molecule has 0 unspecified atom stereocenters. The largest absolute Gasteiger partial charge is 0.490 e. The molecule has 1 amide bonds. The Labute approximate surface area is 183 Å². The van der Waals surface area contributed by atoms with E-state index >= 15 is 0 Å². The normalized spacial score (nSPS) is 10.7. The van der Waals surface area contributed by atoms with E-state index in [-0.39, 0.29) is 23.1 Å². The number of benzene rings is 1. The fourth-order valence-corrected chi connectivity index (χ4v) is 3.73. The van der Waals surface area contributed by atoms with Crippen LogP contribution < -0.4 is 10.1 Å². The summed E-state index contributed by atoms with van der Waals surface area (Å²) in [5.41, 5.74) is 2.96. The molecular formula is C20H22N6O4S. The Kier molecular flexibility index (Phi) is 6.85. The smallest absolute Gasteiger partial charge is 0.311 e. The zero-order chi connectivity index (χ0) is 22.5. The molecule has 10 nitrogen and oxygen atoms in total.